The van der Waals surface area contributed by atoms with Gasteiger partial charge in [-0.05, 0) is 50.4 Å². The highest BCUT2D eigenvalue weighted by atomic mass is 32.2. The predicted octanol–water partition coefficient (Wildman–Crippen LogP) is 3.39. The highest BCUT2D eigenvalue weighted by molar-refractivity contribution is 7.99. The summed E-state index contributed by atoms with van der Waals surface area (Å²) in [6.45, 7) is 4.29. The topological polar surface area (TPSA) is 51.0 Å². The van der Waals surface area contributed by atoms with E-state index in [0.29, 0.717) is 17.8 Å². The molecule has 1 unspecified atom stereocenters. The molecule has 0 spiro atoms. The zero-order chi connectivity index (χ0) is 14.4. The van der Waals surface area contributed by atoms with E-state index in [1.165, 1.54) is 4.90 Å². The van der Waals surface area contributed by atoms with Crippen molar-refractivity contribution in [2.75, 3.05) is 12.8 Å². The lowest BCUT2D eigenvalue weighted by atomic mass is 10.2. The van der Waals surface area contributed by atoms with E-state index in [1.54, 1.807) is 0 Å². The lowest BCUT2D eigenvalue weighted by molar-refractivity contribution is 0.369. The average Bonchev–Trinajstić information content (AvgIpc) is 2.95. The van der Waals surface area contributed by atoms with Crippen molar-refractivity contribution in [3.63, 3.8) is 0 Å². The molecule has 0 bridgehead atoms. The summed E-state index contributed by atoms with van der Waals surface area (Å²) in [5, 5.41) is 7.25. The molecule has 0 saturated carbocycles. The van der Waals surface area contributed by atoms with E-state index >= 15 is 0 Å². The van der Waals surface area contributed by atoms with Gasteiger partial charge in [-0.15, -0.1) is 11.8 Å². The fourth-order valence-corrected chi connectivity index (χ4v) is 2.49. The van der Waals surface area contributed by atoms with Gasteiger partial charge in [0, 0.05) is 22.9 Å². The van der Waals surface area contributed by atoms with Crippen LogP contribution < -0.4 is 5.32 Å². The van der Waals surface area contributed by atoms with Crippen LogP contribution in [0.3, 0.4) is 0 Å². The molecule has 1 N–H and O–H groups in total. The quantitative estimate of drug-likeness (QED) is 0.792. The maximum atomic E-state index is 5.30. The Morgan fingerprint density at radius 3 is 2.70 bits per heavy atom. The third-order valence-corrected chi connectivity index (χ3v) is 4.07. The van der Waals surface area contributed by atoms with Gasteiger partial charge >= 0.3 is 0 Å². The fourth-order valence-electron chi connectivity index (χ4n) is 1.82. The third kappa shape index (κ3) is 4.08. The molecule has 5 heteroatoms. The number of benzene rings is 1. The second-order valence-corrected chi connectivity index (χ2v) is 6.03. The van der Waals surface area contributed by atoms with Crippen LogP contribution in [0.1, 0.15) is 26.2 Å². The number of nitrogens with one attached hydrogen (secondary N) is 1. The van der Waals surface area contributed by atoms with Crippen molar-refractivity contribution < 1.29 is 4.52 Å². The monoisotopic (exact) mass is 291 g/mol. The summed E-state index contributed by atoms with van der Waals surface area (Å²) >= 11 is 1.83. The highest BCUT2D eigenvalue weighted by Gasteiger charge is 2.09. The van der Waals surface area contributed by atoms with E-state index in [4.69, 9.17) is 4.52 Å². The molecule has 1 aromatic heterocycles. The van der Waals surface area contributed by atoms with Gasteiger partial charge in [-0.25, -0.2) is 0 Å². The smallest absolute Gasteiger partial charge is 0.227 e. The Morgan fingerprint density at radius 1 is 1.30 bits per heavy atom. The van der Waals surface area contributed by atoms with E-state index in [9.17, 15) is 0 Å². The lowest BCUT2D eigenvalue weighted by Crippen LogP contribution is -2.21. The van der Waals surface area contributed by atoms with Gasteiger partial charge in [0.15, 0.2) is 0 Å². The van der Waals surface area contributed by atoms with Gasteiger partial charge in [0.1, 0.15) is 0 Å². The highest BCUT2D eigenvalue weighted by Crippen LogP contribution is 2.22. The minimum absolute atomic E-state index is 0.454. The van der Waals surface area contributed by atoms with Crippen LogP contribution in [0, 0.1) is 0 Å². The van der Waals surface area contributed by atoms with Crippen molar-refractivity contribution in [3.05, 3.63) is 30.2 Å². The van der Waals surface area contributed by atoms with Gasteiger partial charge in [-0.3, -0.25) is 0 Å². The molecule has 1 aromatic carbocycles. The molecule has 108 valence electrons. The van der Waals surface area contributed by atoms with Gasteiger partial charge in [0.2, 0.25) is 11.7 Å². The number of rotatable bonds is 7. The van der Waals surface area contributed by atoms with Crippen LogP contribution in [0.25, 0.3) is 11.4 Å². The average molecular weight is 291 g/mol. The number of aryl methyl sites for hydroxylation is 1. The summed E-state index contributed by atoms with van der Waals surface area (Å²) in [6, 6.07) is 8.74. The van der Waals surface area contributed by atoms with Crippen LogP contribution in [0.15, 0.2) is 33.7 Å². The molecular weight excluding hydrogens is 270 g/mol. The summed E-state index contributed by atoms with van der Waals surface area (Å²) in [5.41, 5.74) is 1.00. The summed E-state index contributed by atoms with van der Waals surface area (Å²) < 4.78 is 5.30. The largest absolute Gasteiger partial charge is 0.339 e. The molecule has 0 amide bonds. The Morgan fingerprint density at radius 2 is 2.05 bits per heavy atom. The molecule has 1 heterocycles. The molecule has 0 saturated heterocycles. The Bertz CT molecular complexity index is 524. The number of nitrogens with zero attached hydrogens (tertiary/aromatic N) is 2. The first-order valence-corrected chi connectivity index (χ1v) is 7.94. The zero-order valence-electron chi connectivity index (χ0n) is 12.2. The van der Waals surface area contributed by atoms with Crippen molar-refractivity contribution in [3.8, 4) is 11.4 Å². The molecule has 2 aromatic rings. The van der Waals surface area contributed by atoms with Crippen LogP contribution in [0.4, 0.5) is 0 Å². The van der Waals surface area contributed by atoms with Crippen molar-refractivity contribution in [2.24, 2.45) is 0 Å². The molecule has 0 fully saturated rings. The van der Waals surface area contributed by atoms with Crippen LogP contribution >= 0.6 is 11.8 Å². The number of thioether (sulfide) groups is 1. The molecule has 20 heavy (non-hydrogen) atoms. The van der Waals surface area contributed by atoms with Crippen LogP contribution in [0.2, 0.25) is 0 Å². The summed E-state index contributed by atoms with van der Waals surface area (Å²) in [7, 11) is 1.96. The summed E-state index contributed by atoms with van der Waals surface area (Å²) in [5.74, 6) is 2.45. The molecule has 0 aliphatic carbocycles. The maximum Gasteiger partial charge on any atom is 0.227 e. The molecule has 2 rings (SSSR count). The molecule has 4 nitrogen and oxygen atoms in total. The van der Waals surface area contributed by atoms with E-state index in [-0.39, 0.29) is 0 Å². The first-order chi connectivity index (χ1) is 9.72. The van der Waals surface area contributed by atoms with Crippen molar-refractivity contribution in [1.29, 1.82) is 0 Å². The minimum Gasteiger partial charge on any atom is -0.339 e. The number of aromatic nitrogens is 2. The van der Waals surface area contributed by atoms with Crippen molar-refractivity contribution >= 4 is 11.8 Å². The summed E-state index contributed by atoms with van der Waals surface area (Å²) in [4.78, 5) is 5.72. The van der Waals surface area contributed by atoms with Crippen LogP contribution in [-0.4, -0.2) is 29.0 Å². The first-order valence-electron chi connectivity index (χ1n) is 6.96. The maximum absolute atomic E-state index is 5.30. The minimum atomic E-state index is 0.454. The van der Waals surface area contributed by atoms with Crippen molar-refractivity contribution in [2.45, 2.75) is 37.6 Å². The second kappa shape index (κ2) is 7.45. The van der Waals surface area contributed by atoms with Gasteiger partial charge < -0.3 is 9.84 Å². The van der Waals surface area contributed by atoms with E-state index in [0.717, 1.165) is 24.2 Å². The number of hydrogen-bond acceptors (Lipinski definition) is 5. The molecule has 0 aliphatic rings. The van der Waals surface area contributed by atoms with E-state index in [1.807, 2.05) is 30.9 Å². The van der Waals surface area contributed by atoms with Gasteiger partial charge in [-0.2, -0.15) is 4.98 Å². The van der Waals surface area contributed by atoms with E-state index < -0.39 is 0 Å². The molecular formula is C15H21N3OS. The molecule has 0 aliphatic heterocycles. The van der Waals surface area contributed by atoms with Crippen LogP contribution in [-0.2, 0) is 6.42 Å². The van der Waals surface area contributed by atoms with Gasteiger partial charge in [-0.1, -0.05) is 12.1 Å². The Balaban J connectivity index is 2.00. The van der Waals surface area contributed by atoms with Gasteiger partial charge in [0.25, 0.3) is 0 Å². The Labute approximate surface area is 124 Å². The van der Waals surface area contributed by atoms with Crippen molar-refractivity contribution in [1.82, 2.24) is 15.5 Å². The normalized spacial score (nSPS) is 12.6. The Hall–Kier alpha value is -1.33. The predicted molar refractivity (Wildman–Crippen MR) is 83.0 cm³/mol. The molecule has 1 atom stereocenters. The second-order valence-electron chi connectivity index (χ2n) is 4.70. The number of hydrogen-bond donors (Lipinski definition) is 1. The fraction of sp³-hybridized carbons (Fsp3) is 0.467. The lowest BCUT2D eigenvalue weighted by Gasteiger charge is -2.06. The standard InChI is InChI=1S/C15H21N3OS/c1-4-20-13-8-6-12(7-9-13)15-17-14(19-18-15)10-5-11(2)16-3/h6-9,11,16H,4-5,10H2,1-3H3. The summed E-state index contributed by atoms with van der Waals surface area (Å²) in [6.07, 6.45) is 1.79. The Kier molecular flexibility index (Phi) is 5.61. The third-order valence-electron chi connectivity index (χ3n) is 3.18. The first kappa shape index (κ1) is 15.1. The van der Waals surface area contributed by atoms with Crippen LogP contribution in [0.5, 0.6) is 0 Å². The van der Waals surface area contributed by atoms with E-state index in [2.05, 4.69) is 41.4 Å². The SMILES string of the molecule is CCSc1ccc(-c2noc(CCC(C)NC)n2)cc1. The zero-order valence-corrected chi connectivity index (χ0v) is 13.0. The van der Waals surface area contributed by atoms with Gasteiger partial charge in [0.05, 0.1) is 0 Å². The molecule has 0 radical (unpaired) electrons.